The molecule has 0 aliphatic heterocycles. The molecule has 1 heterocycles. The summed E-state index contributed by atoms with van der Waals surface area (Å²) in [5, 5.41) is 18.9. The van der Waals surface area contributed by atoms with Crippen molar-refractivity contribution < 1.29 is 10.0 Å². The lowest BCUT2D eigenvalue weighted by molar-refractivity contribution is 0.0950. The van der Waals surface area contributed by atoms with Crippen molar-refractivity contribution >= 4 is 22.6 Å². The maximum atomic E-state index is 12.0. The first kappa shape index (κ1) is 12.9. The van der Waals surface area contributed by atoms with Crippen molar-refractivity contribution in [3.8, 4) is 0 Å². The fourth-order valence-corrected chi connectivity index (χ4v) is 1.82. The van der Waals surface area contributed by atoms with Crippen LogP contribution in [0.25, 0.3) is 10.9 Å². The third-order valence-corrected chi connectivity index (χ3v) is 2.77. The number of nitrogens with one attached hydrogen (secondary N) is 1. The molecule has 0 unspecified atom stereocenters. The molecule has 0 aliphatic carbocycles. The van der Waals surface area contributed by atoms with Gasteiger partial charge < -0.3 is 16.3 Å². The molecular weight excluding hydrogens is 246 g/mol. The van der Waals surface area contributed by atoms with E-state index in [1.165, 1.54) is 0 Å². The summed E-state index contributed by atoms with van der Waals surface area (Å²) in [6.45, 7) is 0.291. The molecular formula is C12H15N5O2. The summed E-state index contributed by atoms with van der Waals surface area (Å²) < 4.78 is 1.66. The number of fused-ring (bicyclic) bond motifs is 1. The van der Waals surface area contributed by atoms with Gasteiger partial charge in [0.15, 0.2) is 5.69 Å². The van der Waals surface area contributed by atoms with Gasteiger partial charge in [0, 0.05) is 25.4 Å². The third-order valence-electron chi connectivity index (χ3n) is 2.77. The summed E-state index contributed by atoms with van der Waals surface area (Å²) in [6, 6.07) is 7.50. The highest BCUT2D eigenvalue weighted by Crippen LogP contribution is 2.16. The van der Waals surface area contributed by atoms with Crippen LogP contribution in [0.3, 0.4) is 0 Å². The molecule has 0 aliphatic rings. The second-order valence-electron chi connectivity index (χ2n) is 4.09. The molecule has 7 nitrogen and oxygen atoms in total. The molecule has 0 bridgehead atoms. The van der Waals surface area contributed by atoms with Crippen molar-refractivity contribution in [1.29, 1.82) is 0 Å². The third kappa shape index (κ3) is 2.65. The Morgan fingerprint density at radius 1 is 1.53 bits per heavy atom. The normalized spacial score (nSPS) is 11.7. The molecule has 0 saturated heterocycles. The van der Waals surface area contributed by atoms with Gasteiger partial charge in [0.25, 0.3) is 5.91 Å². The molecule has 4 N–H and O–H groups in total. The van der Waals surface area contributed by atoms with Crippen LogP contribution in [0.2, 0.25) is 0 Å². The summed E-state index contributed by atoms with van der Waals surface area (Å²) in [4.78, 5) is 12.0. The van der Waals surface area contributed by atoms with Gasteiger partial charge in [0.1, 0.15) is 5.84 Å². The van der Waals surface area contributed by atoms with E-state index in [4.69, 9.17) is 10.9 Å². The molecule has 0 radical (unpaired) electrons. The zero-order valence-corrected chi connectivity index (χ0v) is 10.5. The van der Waals surface area contributed by atoms with E-state index in [-0.39, 0.29) is 18.2 Å². The number of oxime groups is 1. The van der Waals surface area contributed by atoms with E-state index in [2.05, 4.69) is 15.6 Å². The predicted molar refractivity (Wildman–Crippen MR) is 71.1 cm³/mol. The lowest BCUT2D eigenvalue weighted by atomic mass is 10.2. The minimum Gasteiger partial charge on any atom is -0.409 e. The first-order valence-electron chi connectivity index (χ1n) is 5.80. The largest absolute Gasteiger partial charge is 0.409 e. The minimum absolute atomic E-state index is 0.0752. The van der Waals surface area contributed by atoms with Crippen molar-refractivity contribution in [2.24, 2.45) is 17.9 Å². The molecule has 1 aromatic heterocycles. The molecule has 19 heavy (non-hydrogen) atoms. The lowest BCUT2D eigenvalue weighted by Gasteiger charge is -2.02. The first-order chi connectivity index (χ1) is 9.13. The van der Waals surface area contributed by atoms with Gasteiger partial charge >= 0.3 is 0 Å². The Morgan fingerprint density at radius 2 is 2.26 bits per heavy atom. The zero-order chi connectivity index (χ0) is 13.8. The highest BCUT2D eigenvalue weighted by molar-refractivity contribution is 6.04. The van der Waals surface area contributed by atoms with E-state index in [0.717, 1.165) is 10.9 Å². The van der Waals surface area contributed by atoms with Crippen LogP contribution in [0.15, 0.2) is 29.4 Å². The Kier molecular flexibility index (Phi) is 3.65. The predicted octanol–water partition coefficient (Wildman–Crippen LogP) is 0.440. The van der Waals surface area contributed by atoms with E-state index < -0.39 is 0 Å². The number of amidine groups is 1. The Morgan fingerprint density at radius 3 is 3.00 bits per heavy atom. The van der Waals surface area contributed by atoms with E-state index in [0.29, 0.717) is 12.2 Å². The van der Waals surface area contributed by atoms with Crippen LogP contribution < -0.4 is 11.1 Å². The van der Waals surface area contributed by atoms with E-state index >= 15 is 0 Å². The number of carbonyl (C=O) groups excluding carboxylic acids is 1. The summed E-state index contributed by atoms with van der Waals surface area (Å²) in [7, 11) is 1.79. The summed E-state index contributed by atoms with van der Waals surface area (Å²) in [6.07, 6.45) is 0.285. The number of nitrogens with two attached hydrogens (primary N) is 1. The van der Waals surface area contributed by atoms with Gasteiger partial charge in [-0.3, -0.25) is 9.48 Å². The number of hydrogen-bond acceptors (Lipinski definition) is 4. The van der Waals surface area contributed by atoms with Crippen molar-refractivity contribution in [3.63, 3.8) is 0 Å². The Hall–Kier alpha value is -2.57. The number of nitrogens with zero attached hydrogens (tertiary/aromatic N) is 3. The van der Waals surface area contributed by atoms with E-state index in [1.54, 1.807) is 11.7 Å². The summed E-state index contributed by atoms with van der Waals surface area (Å²) in [5.41, 5.74) is 6.59. The van der Waals surface area contributed by atoms with Crippen LogP contribution in [0.4, 0.5) is 0 Å². The smallest absolute Gasteiger partial charge is 0.272 e. The number of hydrogen-bond donors (Lipinski definition) is 3. The number of rotatable bonds is 4. The highest BCUT2D eigenvalue weighted by Gasteiger charge is 2.14. The number of carbonyl (C=O) groups is 1. The molecule has 0 saturated carbocycles. The van der Waals surface area contributed by atoms with Gasteiger partial charge in [-0.1, -0.05) is 23.4 Å². The van der Waals surface area contributed by atoms with E-state index in [9.17, 15) is 4.79 Å². The molecule has 0 fully saturated rings. The summed E-state index contributed by atoms with van der Waals surface area (Å²) >= 11 is 0. The number of para-hydroxylation sites is 1. The number of benzene rings is 1. The summed E-state index contributed by atoms with van der Waals surface area (Å²) in [5.74, 6) is -0.200. The minimum atomic E-state index is -0.275. The van der Waals surface area contributed by atoms with Crippen molar-refractivity contribution in [2.45, 2.75) is 6.42 Å². The molecule has 100 valence electrons. The molecule has 2 rings (SSSR count). The Balaban J connectivity index is 2.14. The van der Waals surface area contributed by atoms with Crippen LogP contribution >= 0.6 is 0 Å². The second kappa shape index (κ2) is 5.38. The average Bonchev–Trinajstić information content (AvgIpc) is 2.76. The van der Waals surface area contributed by atoms with Crippen LogP contribution in [0.1, 0.15) is 16.9 Å². The number of amides is 1. The van der Waals surface area contributed by atoms with Crippen molar-refractivity contribution in [1.82, 2.24) is 15.1 Å². The standard InChI is InChI=1S/C12H15N5O2/c1-17-9-5-3-2-4-8(9)11(15-17)12(18)14-7-6-10(13)16-19/h2-5,19H,6-7H2,1H3,(H2,13,16)(H,14,18). The molecule has 2 aromatic rings. The van der Waals surface area contributed by atoms with Crippen LogP contribution in [-0.2, 0) is 7.05 Å². The molecule has 1 amide bonds. The molecule has 1 aromatic carbocycles. The maximum absolute atomic E-state index is 12.0. The van der Waals surface area contributed by atoms with Gasteiger partial charge in [0.05, 0.1) is 5.52 Å². The Bertz CT molecular complexity index is 632. The second-order valence-corrected chi connectivity index (χ2v) is 4.09. The van der Waals surface area contributed by atoms with Crippen molar-refractivity contribution in [2.75, 3.05) is 6.54 Å². The SMILES string of the molecule is Cn1nc(C(=O)NCC/C(N)=N/O)c2ccccc21. The monoisotopic (exact) mass is 261 g/mol. The van der Waals surface area contributed by atoms with Gasteiger partial charge in [-0.15, -0.1) is 0 Å². The lowest BCUT2D eigenvalue weighted by Crippen LogP contribution is -2.28. The van der Waals surface area contributed by atoms with Crippen LogP contribution in [-0.4, -0.2) is 33.3 Å². The zero-order valence-electron chi connectivity index (χ0n) is 10.5. The highest BCUT2D eigenvalue weighted by atomic mass is 16.4. The molecule has 0 atom stereocenters. The van der Waals surface area contributed by atoms with Gasteiger partial charge in [0.2, 0.25) is 0 Å². The van der Waals surface area contributed by atoms with Crippen LogP contribution in [0.5, 0.6) is 0 Å². The molecule has 0 spiro atoms. The van der Waals surface area contributed by atoms with Crippen molar-refractivity contribution in [3.05, 3.63) is 30.0 Å². The Labute approximate surface area is 109 Å². The fraction of sp³-hybridized carbons (Fsp3) is 0.250. The average molecular weight is 261 g/mol. The number of aromatic nitrogens is 2. The number of aryl methyl sites for hydroxylation is 1. The van der Waals surface area contributed by atoms with Gasteiger partial charge in [-0.25, -0.2) is 0 Å². The topological polar surface area (TPSA) is 106 Å². The fourth-order valence-electron chi connectivity index (χ4n) is 1.82. The first-order valence-corrected chi connectivity index (χ1v) is 5.80. The quantitative estimate of drug-likeness (QED) is 0.321. The van der Waals surface area contributed by atoms with Gasteiger partial charge in [-0.2, -0.15) is 5.10 Å². The van der Waals surface area contributed by atoms with Crippen LogP contribution in [0, 0.1) is 0 Å². The van der Waals surface area contributed by atoms with Gasteiger partial charge in [-0.05, 0) is 6.07 Å². The molecule has 7 heteroatoms. The van der Waals surface area contributed by atoms with E-state index in [1.807, 2.05) is 24.3 Å². The maximum Gasteiger partial charge on any atom is 0.272 e.